The molecule has 7 heteroatoms. The van der Waals surface area contributed by atoms with E-state index < -0.39 is 29.7 Å². The number of alkyl halides is 3. The third kappa shape index (κ3) is 3.18. The van der Waals surface area contributed by atoms with Crippen LogP contribution in [0.15, 0.2) is 48.5 Å². The Balaban J connectivity index is 2.01. The molecule has 3 aromatic rings. The molecule has 2 atom stereocenters. The smallest absolute Gasteiger partial charge is 0.419 e. The Hall–Kier alpha value is -3.24. The molecule has 0 amide bonds. The van der Waals surface area contributed by atoms with Crippen molar-refractivity contribution in [3.05, 3.63) is 70.8 Å². The molecule has 0 radical (unpaired) electrons. The lowest BCUT2D eigenvalue weighted by molar-refractivity contribution is -0.275. The number of benzene rings is 3. The summed E-state index contributed by atoms with van der Waals surface area (Å²) in [6, 6.07) is 14.3. The molecule has 4 rings (SSSR count). The summed E-state index contributed by atoms with van der Waals surface area (Å²) in [6.07, 6.45) is -5.62. The zero-order chi connectivity index (χ0) is 23.5. The van der Waals surface area contributed by atoms with Crippen LogP contribution in [0.25, 0.3) is 10.8 Å². The van der Waals surface area contributed by atoms with Crippen LogP contribution in [-0.2, 0) is 5.41 Å². The number of aryl methyl sites for hydroxylation is 1. The molecule has 2 unspecified atom stereocenters. The zero-order valence-corrected chi connectivity index (χ0v) is 17.9. The lowest BCUT2D eigenvalue weighted by Crippen LogP contribution is -2.58. The zero-order valence-electron chi connectivity index (χ0n) is 17.9. The van der Waals surface area contributed by atoms with Gasteiger partial charge in [-0.05, 0) is 41.3 Å². The van der Waals surface area contributed by atoms with Crippen molar-refractivity contribution >= 4 is 16.5 Å². The van der Waals surface area contributed by atoms with Crippen molar-refractivity contribution in [1.82, 2.24) is 0 Å². The van der Waals surface area contributed by atoms with E-state index in [1.54, 1.807) is 31.2 Å². The topological polar surface area (TPSA) is 76.3 Å². The van der Waals surface area contributed by atoms with Crippen molar-refractivity contribution in [2.75, 3.05) is 5.32 Å². The highest BCUT2D eigenvalue weighted by atomic mass is 19.4. The highest BCUT2D eigenvalue weighted by Gasteiger charge is 2.64. The molecule has 0 saturated heterocycles. The number of hydrogen-bond donors (Lipinski definition) is 3. The van der Waals surface area contributed by atoms with Crippen LogP contribution < -0.4 is 5.32 Å². The summed E-state index contributed by atoms with van der Waals surface area (Å²) in [5.41, 5.74) is -3.17. The molecule has 0 bridgehead atoms. The fraction of sp³-hybridized carbons (Fsp3) is 0.320. The van der Waals surface area contributed by atoms with Crippen LogP contribution in [0, 0.1) is 18.3 Å². The van der Waals surface area contributed by atoms with Crippen LogP contribution in [0.5, 0.6) is 5.75 Å². The van der Waals surface area contributed by atoms with Gasteiger partial charge in [0, 0.05) is 16.6 Å². The first-order chi connectivity index (χ1) is 14.9. The molecule has 0 heterocycles. The van der Waals surface area contributed by atoms with Gasteiger partial charge in [-0.15, -0.1) is 0 Å². The number of nitrogens with zero attached hydrogens (tertiary/aromatic N) is 1. The van der Waals surface area contributed by atoms with Gasteiger partial charge >= 0.3 is 6.18 Å². The Morgan fingerprint density at radius 3 is 2.44 bits per heavy atom. The first-order valence-corrected chi connectivity index (χ1v) is 10.2. The van der Waals surface area contributed by atoms with Crippen LogP contribution >= 0.6 is 0 Å². The van der Waals surface area contributed by atoms with Gasteiger partial charge in [-0.25, -0.2) is 0 Å². The van der Waals surface area contributed by atoms with Gasteiger partial charge in [0.25, 0.3) is 0 Å². The molecule has 32 heavy (non-hydrogen) atoms. The quantitative estimate of drug-likeness (QED) is 0.467. The largest absolute Gasteiger partial charge is 0.506 e. The Morgan fingerprint density at radius 1 is 1.12 bits per heavy atom. The number of halogens is 3. The number of nitriles is 1. The first kappa shape index (κ1) is 22.0. The SMILES string of the molecule is Cc1cc2c(c(O)c1C#N)C(C)(C)CC(O)(C(F)(F)F)C2Nc1cccc2ccccc12. The van der Waals surface area contributed by atoms with E-state index >= 15 is 0 Å². The molecule has 0 aromatic heterocycles. The van der Waals surface area contributed by atoms with Gasteiger partial charge in [0.15, 0.2) is 5.60 Å². The van der Waals surface area contributed by atoms with E-state index in [1.165, 1.54) is 19.9 Å². The standard InChI is InChI=1S/C25H23F3N2O2/c1-14-11-17-20(21(31)18(14)12-29)23(2,3)13-24(32,25(26,27)28)22(17)30-19-10-6-8-15-7-4-5-9-16(15)19/h4-11,22,30-32H,13H2,1-3H3. The number of nitrogens with one attached hydrogen (secondary N) is 1. The summed E-state index contributed by atoms with van der Waals surface area (Å²) in [4.78, 5) is 0. The predicted octanol–water partition coefficient (Wildman–Crippen LogP) is 5.85. The summed E-state index contributed by atoms with van der Waals surface area (Å²) in [7, 11) is 0. The number of hydrogen-bond acceptors (Lipinski definition) is 4. The van der Waals surface area contributed by atoms with Gasteiger partial charge in [0.2, 0.25) is 0 Å². The average molecular weight is 440 g/mol. The number of phenols is 1. The summed E-state index contributed by atoms with van der Waals surface area (Å²) in [5, 5.41) is 36.0. The average Bonchev–Trinajstić information content (AvgIpc) is 2.69. The maximum absolute atomic E-state index is 14.4. The summed E-state index contributed by atoms with van der Waals surface area (Å²) >= 11 is 0. The second-order valence-electron chi connectivity index (χ2n) is 9.08. The van der Waals surface area contributed by atoms with E-state index in [-0.39, 0.29) is 22.4 Å². The Labute approximate surface area is 183 Å². The molecule has 166 valence electrons. The van der Waals surface area contributed by atoms with E-state index in [1.807, 2.05) is 24.3 Å². The molecular formula is C25H23F3N2O2. The van der Waals surface area contributed by atoms with E-state index in [9.17, 15) is 28.6 Å². The monoisotopic (exact) mass is 440 g/mol. The number of aliphatic hydroxyl groups is 1. The number of rotatable bonds is 2. The number of fused-ring (bicyclic) bond motifs is 2. The summed E-state index contributed by atoms with van der Waals surface area (Å²) in [5.74, 6) is -0.332. The van der Waals surface area contributed by atoms with E-state index in [4.69, 9.17) is 0 Å². The molecule has 0 aliphatic heterocycles. The fourth-order valence-electron chi connectivity index (χ4n) is 5.00. The summed E-state index contributed by atoms with van der Waals surface area (Å²) < 4.78 is 43.1. The van der Waals surface area contributed by atoms with Crippen LogP contribution in [0.2, 0.25) is 0 Å². The molecule has 4 nitrogen and oxygen atoms in total. The Bertz CT molecular complexity index is 1260. The van der Waals surface area contributed by atoms with Crippen LogP contribution in [0.1, 0.15) is 48.6 Å². The van der Waals surface area contributed by atoms with Gasteiger partial charge in [-0.1, -0.05) is 56.3 Å². The molecule has 0 spiro atoms. The maximum Gasteiger partial charge on any atom is 0.419 e. The van der Waals surface area contributed by atoms with Gasteiger partial charge < -0.3 is 15.5 Å². The van der Waals surface area contributed by atoms with Gasteiger partial charge in [0.05, 0.1) is 11.6 Å². The van der Waals surface area contributed by atoms with Gasteiger partial charge in [-0.2, -0.15) is 18.4 Å². The number of phenolic OH excluding ortho intramolecular Hbond substituents is 1. The molecule has 0 saturated carbocycles. The Morgan fingerprint density at radius 2 is 1.78 bits per heavy atom. The Kier molecular flexibility index (Phi) is 4.90. The minimum absolute atomic E-state index is 0.0261. The normalized spacial score (nSPS) is 22.2. The van der Waals surface area contributed by atoms with Crippen molar-refractivity contribution in [2.24, 2.45) is 0 Å². The highest BCUT2D eigenvalue weighted by Crippen LogP contribution is 2.57. The third-order valence-corrected chi connectivity index (χ3v) is 6.40. The van der Waals surface area contributed by atoms with E-state index in [0.717, 1.165) is 5.39 Å². The molecule has 1 aliphatic carbocycles. The lowest BCUT2D eigenvalue weighted by Gasteiger charge is -2.49. The third-order valence-electron chi connectivity index (χ3n) is 6.40. The van der Waals surface area contributed by atoms with Gasteiger partial charge in [0.1, 0.15) is 11.8 Å². The van der Waals surface area contributed by atoms with Crippen LogP contribution in [0.4, 0.5) is 18.9 Å². The number of anilines is 1. The highest BCUT2D eigenvalue weighted by molar-refractivity contribution is 5.94. The van der Waals surface area contributed by atoms with Crippen LogP contribution in [0.3, 0.4) is 0 Å². The minimum atomic E-state index is -4.94. The molecule has 1 aliphatic rings. The van der Waals surface area contributed by atoms with Crippen molar-refractivity contribution < 1.29 is 23.4 Å². The lowest BCUT2D eigenvalue weighted by atomic mass is 9.62. The molecule has 3 N–H and O–H groups in total. The van der Waals surface area contributed by atoms with Crippen molar-refractivity contribution in [3.8, 4) is 11.8 Å². The molecule has 3 aromatic carbocycles. The summed E-state index contributed by atoms with van der Waals surface area (Å²) in [6.45, 7) is 4.63. The molecule has 0 fully saturated rings. The maximum atomic E-state index is 14.4. The minimum Gasteiger partial charge on any atom is -0.506 e. The molecular weight excluding hydrogens is 417 g/mol. The van der Waals surface area contributed by atoms with Crippen molar-refractivity contribution in [1.29, 1.82) is 5.26 Å². The van der Waals surface area contributed by atoms with Crippen LogP contribution in [-0.4, -0.2) is 22.0 Å². The fourth-order valence-corrected chi connectivity index (χ4v) is 5.00. The number of aromatic hydroxyl groups is 1. The van der Waals surface area contributed by atoms with Gasteiger partial charge in [-0.3, -0.25) is 0 Å². The van der Waals surface area contributed by atoms with Crippen molar-refractivity contribution in [2.45, 2.75) is 50.4 Å². The second kappa shape index (κ2) is 7.14. The van der Waals surface area contributed by atoms with E-state index in [2.05, 4.69) is 5.32 Å². The predicted molar refractivity (Wildman–Crippen MR) is 117 cm³/mol. The first-order valence-electron chi connectivity index (χ1n) is 10.2. The second-order valence-corrected chi connectivity index (χ2v) is 9.08. The van der Waals surface area contributed by atoms with Crippen molar-refractivity contribution in [3.63, 3.8) is 0 Å². The van der Waals surface area contributed by atoms with E-state index in [0.29, 0.717) is 16.6 Å².